The number of amides is 2. The number of aryl methyl sites for hydroxylation is 1. The average Bonchev–Trinajstić information content (AvgIpc) is 3.20. The molecular weight excluding hydrogens is 384 g/mol. The van der Waals surface area contributed by atoms with Gasteiger partial charge in [-0.1, -0.05) is 60.7 Å². The summed E-state index contributed by atoms with van der Waals surface area (Å²) in [6.07, 6.45) is 0.953. The summed E-state index contributed by atoms with van der Waals surface area (Å²) in [5.74, 6) is 0. The Kier molecular flexibility index (Phi) is 5.26. The zero-order chi connectivity index (χ0) is 21.2. The van der Waals surface area contributed by atoms with E-state index in [0.717, 1.165) is 48.3 Å². The maximum absolute atomic E-state index is 12.7. The highest BCUT2D eigenvalue weighted by atomic mass is 16.2. The standard InChI is InChI=1S/C26H26N4O/c1-18-15-25(23-11-4-5-12-24(23)27-18)29-26(31)28-21-13-14-30(17-21)16-20-9-6-8-19-7-2-3-10-22(19)20/h2-12,15,21H,13-14,16-17H2,1H3,(H2,27,28,29,31). The first-order chi connectivity index (χ1) is 15.2. The maximum Gasteiger partial charge on any atom is 0.319 e. The lowest BCUT2D eigenvalue weighted by molar-refractivity contribution is 0.247. The van der Waals surface area contributed by atoms with Crippen LogP contribution in [0.3, 0.4) is 0 Å². The fourth-order valence-corrected chi connectivity index (χ4v) is 4.52. The van der Waals surface area contributed by atoms with E-state index in [1.54, 1.807) is 0 Å². The third-order valence-electron chi connectivity index (χ3n) is 5.97. The lowest BCUT2D eigenvalue weighted by atomic mass is 10.0. The fourth-order valence-electron chi connectivity index (χ4n) is 4.52. The van der Waals surface area contributed by atoms with Crippen LogP contribution in [0.15, 0.2) is 72.8 Å². The molecular formula is C26H26N4O. The molecule has 4 aromatic rings. The molecule has 1 saturated heterocycles. The van der Waals surface area contributed by atoms with Crippen molar-refractivity contribution in [2.75, 3.05) is 18.4 Å². The van der Waals surface area contributed by atoms with Crippen LogP contribution in [0.2, 0.25) is 0 Å². The molecule has 5 heteroatoms. The molecule has 31 heavy (non-hydrogen) atoms. The maximum atomic E-state index is 12.7. The molecule has 0 aliphatic carbocycles. The van der Waals surface area contributed by atoms with Gasteiger partial charge < -0.3 is 10.6 Å². The van der Waals surface area contributed by atoms with Crippen molar-refractivity contribution in [2.24, 2.45) is 0 Å². The van der Waals surface area contributed by atoms with Crippen LogP contribution in [-0.2, 0) is 6.54 Å². The summed E-state index contributed by atoms with van der Waals surface area (Å²) < 4.78 is 0. The minimum Gasteiger partial charge on any atom is -0.334 e. The Hall–Kier alpha value is -3.44. The van der Waals surface area contributed by atoms with Crippen LogP contribution >= 0.6 is 0 Å². The minimum absolute atomic E-state index is 0.143. The quantitative estimate of drug-likeness (QED) is 0.493. The fraction of sp³-hybridized carbons (Fsp3) is 0.231. The largest absolute Gasteiger partial charge is 0.334 e. The number of anilines is 1. The van der Waals surface area contributed by atoms with E-state index in [-0.39, 0.29) is 12.1 Å². The van der Waals surface area contributed by atoms with E-state index in [1.165, 1.54) is 16.3 Å². The van der Waals surface area contributed by atoms with E-state index in [0.29, 0.717) is 0 Å². The third kappa shape index (κ3) is 4.23. The second kappa shape index (κ2) is 8.36. The Labute approximate surface area is 182 Å². The van der Waals surface area contributed by atoms with Gasteiger partial charge in [0.05, 0.1) is 11.2 Å². The molecule has 2 heterocycles. The Morgan fingerprint density at radius 3 is 2.71 bits per heavy atom. The highest BCUT2D eigenvalue weighted by Crippen LogP contribution is 2.24. The molecule has 0 spiro atoms. The molecule has 0 saturated carbocycles. The summed E-state index contributed by atoms with van der Waals surface area (Å²) in [6, 6.07) is 24.8. The Balaban J connectivity index is 1.23. The topological polar surface area (TPSA) is 57.3 Å². The number of nitrogens with zero attached hydrogens (tertiary/aromatic N) is 2. The van der Waals surface area contributed by atoms with Crippen LogP contribution in [0, 0.1) is 6.92 Å². The molecule has 2 amide bonds. The predicted molar refractivity (Wildman–Crippen MR) is 126 cm³/mol. The summed E-state index contributed by atoms with van der Waals surface area (Å²) in [7, 11) is 0. The van der Waals surface area contributed by atoms with Gasteiger partial charge in [-0.2, -0.15) is 0 Å². The van der Waals surface area contributed by atoms with Crippen molar-refractivity contribution >= 4 is 33.4 Å². The predicted octanol–water partition coefficient (Wildman–Crippen LogP) is 5.09. The van der Waals surface area contributed by atoms with Crippen LogP contribution < -0.4 is 10.6 Å². The molecule has 1 unspecified atom stereocenters. The monoisotopic (exact) mass is 410 g/mol. The van der Waals surface area contributed by atoms with E-state index >= 15 is 0 Å². The molecule has 1 atom stereocenters. The Morgan fingerprint density at radius 1 is 1.03 bits per heavy atom. The summed E-state index contributed by atoms with van der Waals surface area (Å²) in [6.45, 7) is 4.67. The first-order valence-electron chi connectivity index (χ1n) is 10.8. The minimum atomic E-state index is -0.159. The number of carbonyl (C=O) groups is 1. The first-order valence-corrected chi connectivity index (χ1v) is 10.8. The van der Waals surface area contributed by atoms with Crippen molar-refractivity contribution in [1.29, 1.82) is 0 Å². The molecule has 2 N–H and O–H groups in total. The number of carbonyl (C=O) groups excluding carboxylic acids is 1. The van der Waals surface area contributed by atoms with Gasteiger partial charge in [-0.25, -0.2) is 4.79 Å². The number of pyridine rings is 1. The van der Waals surface area contributed by atoms with Crippen LogP contribution in [0.4, 0.5) is 10.5 Å². The van der Waals surface area contributed by atoms with Crippen molar-refractivity contribution in [2.45, 2.75) is 25.9 Å². The van der Waals surface area contributed by atoms with Gasteiger partial charge in [0.15, 0.2) is 0 Å². The molecule has 1 fully saturated rings. The number of hydrogen-bond acceptors (Lipinski definition) is 3. The number of fused-ring (bicyclic) bond motifs is 2. The van der Waals surface area contributed by atoms with Crippen LogP contribution in [0.5, 0.6) is 0 Å². The van der Waals surface area contributed by atoms with Crippen molar-refractivity contribution in [3.05, 3.63) is 84.1 Å². The van der Waals surface area contributed by atoms with Gasteiger partial charge in [0, 0.05) is 36.8 Å². The lowest BCUT2D eigenvalue weighted by Crippen LogP contribution is -2.39. The molecule has 5 rings (SSSR count). The van der Waals surface area contributed by atoms with Crippen LogP contribution in [0.25, 0.3) is 21.7 Å². The van der Waals surface area contributed by atoms with Gasteiger partial charge in [-0.3, -0.25) is 9.88 Å². The normalized spacial score (nSPS) is 16.6. The number of likely N-dealkylation sites (tertiary alicyclic amines) is 1. The molecule has 1 aliphatic rings. The molecule has 0 radical (unpaired) electrons. The van der Waals surface area contributed by atoms with Crippen LogP contribution in [-0.4, -0.2) is 35.0 Å². The van der Waals surface area contributed by atoms with Crippen molar-refractivity contribution in [3.63, 3.8) is 0 Å². The van der Waals surface area contributed by atoms with Crippen molar-refractivity contribution in [3.8, 4) is 0 Å². The SMILES string of the molecule is Cc1cc(NC(=O)NC2CCN(Cc3cccc4ccccc34)C2)c2ccccc2n1. The summed E-state index contributed by atoms with van der Waals surface area (Å²) in [4.78, 5) is 19.7. The summed E-state index contributed by atoms with van der Waals surface area (Å²) in [5, 5.41) is 9.71. The molecule has 0 bridgehead atoms. The number of rotatable bonds is 4. The smallest absolute Gasteiger partial charge is 0.319 e. The number of nitrogens with one attached hydrogen (secondary N) is 2. The lowest BCUT2D eigenvalue weighted by Gasteiger charge is -2.18. The van der Waals surface area contributed by atoms with Crippen molar-refractivity contribution in [1.82, 2.24) is 15.2 Å². The van der Waals surface area contributed by atoms with Crippen molar-refractivity contribution < 1.29 is 4.79 Å². The number of urea groups is 1. The van der Waals surface area contributed by atoms with E-state index in [4.69, 9.17) is 0 Å². The third-order valence-corrected chi connectivity index (χ3v) is 5.97. The number of para-hydroxylation sites is 1. The van der Waals surface area contributed by atoms with E-state index < -0.39 is 0 Å². The number of aromatic nitrogens is 1. The van der Waals surface area contributed by atoms with Gasteiger partial charge in [0.2, 0.25) is 0 Å². The Bertz CT molecular complexity index is 1250. The summed E-state index contributed by atoms with van der Waals surface area (Å²) in [5.41, 5.74) is 3.91. The Morgan fingerprint density at radius 2 is 1.81 bits per heavy atom. The van der Waals surface area contributed by atoms with Gasteiger partial charge >= 0.3 is 6.03 Å². The second-order valence-corrected chi connectivity index (χ2v) is 8.29. The van der Waals surface area contributed by atoms with Gasteiger partial charge in [-0.15, -0.1) is 0 Å². The second-order valence-electron chi connectivity index (χ2n) is 8.29. The zero-order valence-electron chi connectivity index (χ0n) is 17.6. The zero-order valence-corrected chi connectivity index (χ0v) is 17.6. The van der Waals surface area contributed by atoms with Gasteiger partial charge in [0.1, 0.15) is 0 Å². The van der Waals surface area contributed by atoms with E-state index in [1.807, 2.05) is 37.3 Å². The van der Waals surface area contributed by atoms with E-state index in [2.05, 4.69) is 63.0 Å². The highest BCUT2D eigenvalue weighted by Gasteiger charge is 2.24. The first kappa shape index (κ1) is 19.5. The molecule has 1 aromatic heterocycles. The molecule has 1 aliphatic heterocycles. The number of hydrogen-bond donors (Lipinski definition) is 2. The molecule has 3 aromatic carbocycles. The average molecular weight is 411 g/mol. The molecule has 156 valence electrons. The highest BCUT2D eigenvalue weighted by molar-refractivity contribution is 6.00. The van der Waals surface area contributed by atoms with Gasteiger partial charge in [0.25, 0.3) is 0 Å². The number of benzene rings is 3. The van der Waals surface area contributed by atoms with Crippen LogP contribution in [0.1, 0.15) is 17.7 Å². The van der Waals surface area contributed by atoms with Gasteiger partial charge in [-0.05, 0) is 41.8 Å². The van der Waals surface area contributed by atoms with E-state index in [9.17, 15) is 4.79 Å². The summed E-state index contributed by atoms with van der Waals surface area (Å²) >= 11 is 0. The molecule has 5 nitrogen and oxygen atoms in total.